The van der Waals surface area contributed by atoms with Crippen LogP contribution in [0.2, 0.25) is 0 Å². The lowest BCUT2D eigenvalue weighted by Crippen LogP contribution is -2.00. The van der Waals surface area contributed by atoms with Gasteiger partial charge < -0.3 is 9.84 Å². The summed E-state index contributed by atoms with van der Waals surface area (Å²) in [6.07, 6.45) is 0.195. The molecule has 156 valence electrons. The van der Waals surface area contributed by atoms with Crippen LogP contribution in [0.5, 0.6) is 5.75 Å². The molecule has 0 aromatic heterocycles. The van der Waals surface area contributed by atoms with Crippen LogP contribution in [-0.2, 0) is 17.9 Å². The topological polar surface area (TPSA) is 46.5 Å². The third-order valence-electron chi connectivity index (χ3n) is 5.28. The number of carbonyl (C=O) groups is 1. The molecule has 3 nitrogen and oxygen atoms in total. The number of hydrogen-bond donors (Lipinski definition) is 1. The highest BCUT2D eigenvalue weighted by Gasteiger charge is 2.13. The summed E-state index contributed by atoms with van der Waals surface area (Å²) in [6.45, 7) is 2.48. The maximum atomic E-state index is 13.9. The Bertz CT molecular complexity index is 1060. The van der Waals surface area contributed by atoms with Gasteiger partial charge in [0.1, 0.15) is 12.4 Å². The van der Waals surface area contributed by atoms with Crippen LogP contribution in [0.1, 0.15) is 28.7 Å². The lowest BCUT2D eigenvalue weighted by molar-refractivity contribution is -0.136. The molecule has 0 bridgehead atoms. The lowest BCUT2D eigenvalue weighted by atomic mass is 9.91. The van der Waals surface area contributed by atoms with Gasteiger partial charge in [-0.2, -0.15) is 0 Å². The van der Waals surface area contributed by atoms with E-state index in [1.807, 2.05) is 44.2 Å². The van der Waals surface area contributed by atoms with Gasteiger partial charge in [0.15, 0.2) is 0 Å². The Balaban J connectivity index is 2.04. The highest BCUT2D eigenvalue weighted by Crippen LogP contribution is 2.34. The summed E-state index contributed by atoms with van der Waals surface area (Å²) in [6, 6.07) is 16.7. The van der Waals surface area contributed by atoms with Crippen LogP contribution in [0.4, 0.5) is 8.78 Å². The van der Waals surface area contributed by atoms with E-state index >= 15 is 0 Å². The van der Waals surface area contributed by atoms with Gasteiger partial charge in [-0.3, -0.25) is 4.79 Å². The van der Waals surface area contributed by atoms with Gasteiger partial charge in [0.05, 0.1) is 0 Å². The summed E-state index contributed by atoms with van der Waals surface area (Å²) in [5, 5.41) is 9.05. The van der Waals surface area contributed by atoms with E-state index in [0.29, 0.717) is 16.9 Å². The molecule has 0 aliphatic carbocycles. The van der Waals surface area contributed by atoms with Crippen LogP contribution in [0, 0.1) is 13.8 Å². The molecule has 1 N–H and O–H groups in total. The van der Waals surface area contributed by atoms with E-state index in [4.69, 9.17) is 9.84 Å². The molecule has 3 aromatic carbocycles. The van der Waals surface area contributed by atoms with Gasteiger partial charge in [-0.25, -0.2) is 8.78 Å². The molecular weight excluding hydrogens is 386 g/mol. The number of ether oxygens (including phenoxy) is 1. The predicted octanol–water partition coefficient (Wildman–Crippen LogP) is 6.43. The van der Waals surface area contributed by atoms with E-state index in [1.165, 1.54) is 5.56 Å². The summed E-state index contributed by atoms with van der Waals surface area (Å²) < 4.78 is 31.4. The molecule has 0 radical (unpaired) electrons. The van der Waals surface area contributed by atoms with E-state index in [9.17, 15) is 13.6 Å². The van der Waals surface area contributed by atoms with Crippen molar-refractivity contribution in [3.8, 4) is 28.0 Å². The second kappa shape index (κ2) is 9.53. The molecule has 0 fully saturated rings. The van der Waals surface area contributed by atoms with Crippen molar-refractivity contribution < 1.29 is 23.4 Å². The Kier molecular flexibility index (Phi) is 6.83. The molecular formula is C25H24F2O3. The molecule has 0 spiro atoms. The predicted molar refractivity (Wildman–Crippen MR) is 114 cm³/mol. The number of benzene rings is 3. The Morgan fingerprint density at radius 3 is 2.20 bits per heavy atom. The fourth-order valence-electron chi connectivity index (χ4n) is 3.52. The van der Waals surface area contributed by atoms with Crippen molar-refractivity contribution in [3.05, 3.63) is 76.9 Å². The van der Waals surface area contributed by atoms with E-state index in [1.54, 1.807) is 24.3 Å². The number of halogens is 2. The highest BCUT2D eigenvalue weighted by atomic mass is 19.1. The number of rotatable bonds is 8. The second-order valence-corrected chi connectivity index (χ2v) is 7.27. The smallest absolute Gasteiger partial charge is 0.303 e. The molecule has 0 heterocycles. The maximum absolute atomic E-state index is 13.9. The average Bonchev–Trinajstić information content (AvgIpc) is 2.74. The van der Waals surface area contributed by atoms with Gasteiger partial charge in [-0.05, 0) is 83.0 Å². The van der Waals surface area contributed by atoms with E-state index in [0.717, 1.165) is 27.8 Å². The Hall–Kier alpha value is -3.21. The average molecular weight is 410 g/mol. The van der Waals surface area contributed by atoms with E-state index < -0.39 is 19.5 Å². The third kappa shape index (κ3) is 4.85. The fourth-order valence-corrected chi connectivity index (χ4v) is 3.52. The third-order valence-corrected chi connectivity index (χ3v) is 5.28. The van der Waals surface area contributed by atoms with Gasteiger partial charge in [0.25, 0.3) is 0 Å². The molecule has 0 amide bonds. The summed E-state index contributed by atoms with van der Waals surface area (Å²) in [4.78, 5) is 11.0. The summed E-state index contributed by atoms with van der Waals surface area (Å²) >= 11 is 0. The zero-order chi connectivity index (χ0) is 21.7. The SMILES string of the molecule is Cc1ccc(-c2ccc(-c3ccc(OCF)cc3CCC(=O)O)cc2CF)cc1C. The normalized spacial score (nSPS) is 10.8. The number of alkyl halides is 2. The Labute approximate surface area is 175 Å². The van der Waals surface area contributed by atoms with Crippen LogP contribution in [0.3, 0.4) is 0 Å². The summed E-state index contributed by atoms with van der Waals surface area (Å²) in [7, 11) is 0. The number of aliphatic carboxylic acids is 1. The zero-order valence-electron chi connectivity index (χ0n) is 17.0. The number of hydrogen-bond acceptors (Lipinski definition) is 2. The molecule has 5 heteroatoms. The monoisotopic (exact) mass is 410 g/mol. The van der Waals surface area contributed by atoms with E-state index in [-0.39, 0.29) is 12.8 Å². The standard InChI is InChI=1S/C25H24F2O3/c1-16-3-4-18(11-17(16)2)24-8-5-19(12-21(24)14-26)23-9-7-22(30-15-27)13-20(23)6-10-25(28)29/h3-5,7-9,11-13H,6,10,14-15H2,1-2H3,(H,28,29). The number of carboxylic acid groups (broad SMARTS) is 1. The molecule has 0 aliphatic heterocycles. The molecule has 0 atom stereocenters. The first kappa shape index (κ1) is 21.5. The zero-order valence-corrected chi connectivity index (χ0v) is 17.0. The quantitative estimate of drug-likeness (QED) is 0.465. The van der Waals surface area contributed by atoms with Crippen LogP contribution in [-0.4, -0.2) is 17.9 Å². The van der Waals surface area contributed by atoms with Crippen molar-refractivity contribution >= 4 is 5.97 Å². The van der Waals surface area contributed by atoms with Crippen molar-refractivity contribution in [1.29, 1.82) is 0 Å². The minimum atomic E-state index is -0.964. The molecule has 0 saturated heterocycles. The van der Waals surface area contributed by atoms with Crippen LogP contribution < -0.4 is 4.74 Å². The van der Waals surface area contributed by atoms with Crippen molar-refractivity contribution in [1.82, 2.24) is 0 Å². The summed E-state index contributed by atoms with van der Waals surface area (Å²) in [5.41, 5.74) is 6.93. The van der Waals surface area contributed by atoms with Crippen molar-refractivity contribution in [2.45, 2.75) is 33.4 Å². The Morgan fingerprint density at radius 1 is 0.867 bits per heavy atom. The Morgan fingerprint density at radius 2 is 1.53 bits per heavy atom. The van der Waals surface area contributed by atoms with Crippen LogP contribution in [0.15, 0.2) is 54.6 Å². The minimum absolute atomic E-state index is 0.0667. The van der Waals surface area contributed by atoms with Crippen molar-refractivity contribution in [3.63, 3.8) is 0 Å². The van der Waals surface area contributed by atoms with Gasteiger partial charge in [0, 0.05) is 6.42 Å². The molecule has 3 rings (SSSR count). The molecule has 0 unspecified atom stereocenters. The summed E-state index contributed by atoms with van der Waals surface area (Å²) in [5.74, 6) is -0.591. The van der Waals surface area contributed by atoms with E-state index in [2.05, 4.69) is 0 Å². The number of aryl methyl sites for hydroxylation is 3. The van der Waals surface area contributed by atoms with Gasteiger partial charge in [0.2, 0.25) is 6.86 Å². The van der Waals surface area contributed by atoms with Crippen molar-refractivity contribution in [2.24, 2.45) is 0 Å². The second-order valence-electron chi connectivity index (χ2n) is 7.27. The molecule has 0 aliphatic rings. The lowest BCUT2D eigenvalue weighted by Gasteiger charge is -2.15. The molecule has 3 aromatic rings. The largest absolute Gasteiger partial charge is 0.481 e. The fraction of sp³-hybridized carbons (Fsp3) is 0.240. The first-order valence-corrected chi connectivity index (χ1v) is 9.73. The van der Waals surface area contributed by atoms with Crippen LogP contribution >= 0.6 is 0 Å². The van der Waals surface area contributed by atoms with Crippen molar-refractivity contribution in [2.75, 3.05) is 6.86 Å². The van der Waals surface area contributed by atoms with Gasteiger partial charge in [-0.15, -0.1) is 0 Å². The number of carboxylic acids is 1. The van der Waals surface area contributed by atoms with Gasteiger partial charge >= 0.3 is 5.97 Å². The van der Waals surface area contributed by atoms with Crippen LogP contribution in [0.25, 0.3) is 22.3 Å². The first-order chi connectivity index (χ1) is 14.4. The molecule has 0 saturated carbocycles. The van der Waals surface area contributed by atoms with Gasteiger partial charge in [-0.1, -0.05) is 36.4 Å². The minimum Gasteiger partial charge on any atom is -0.481 e. The molecule has 30 heavy (non-hydrogen) atoms. The first-order valence-electron chi connectivity index (χ1n) is 9.73. The maximum Gasteiger partial charge on any atom is 0.303 e. The highest BCUT2D eigenvalue weighted by molar-refractivity contribution is 5.76.